The zero-order chi connectivity index (χ0) is 17.5. The van der Waals surface area contributed by atoms with Crippen LogP contribution in [0.4, 0.5) is 0 Å². The minimum Gasteiger partial charge on any atom is -0.454 e. The van der Waals surface area contributed by atoms with Gasteiger partial charge in [0, 0.05) is 24.0 Å². The van der Waals surface area contributed by atoms with Crippen molar-refractivity contribution in [1.29, 1.82) is 0 Å². The Morgan fingerprint density at radius 2 is 1.92 bits per heavy atom. The highest BCUT2D eigenvalue weighted by atomic mass is 32.1. The number of hydrogen-bond donors (Lipinski definition) is 1. The van der Waals surface area contributed by atoms with Crippen LogP contribution in [-0.4, -0.2) is 48.8 Å². The Balaban J connectivity index is 1.32. The summed E-state index contributed by atoms with van der Waals surface area (Å²) in [4.78, 5) is 19.5. The summed E-state index contributed by atoms with van der Waals surface area (Å²) < 4.78 is 10.8. The van der Waals surface area contributed by atoms with Gasteiger partial charge in [0.15, 0.2) is 11.5 Å². The molecule has 0 radical (unpaired) electrons. The lowest BCUT2D eigenvalue weighted by molar-refractivity contribution is 0.0753. The summed E-state index contributed by atoms with van der Waals surface area (Å²) in [5, 5.41) is 6.18. The van der Waals surface area contributed by atoms with Crippen LogP contribution in [0.3, 0.4) is 0 Å². The van der Waals surface area contributed by atoms with Crippen molar-refractivity contribution in [2.24, 2.45) is 11.8 Å². The number of carbonyl (C=O) groups excluding carboxylic acids is 1. The number of aromatic nitrogens is 1. The number of benzene rings is 1. The monoisotopic (exact) mass is 371 g/mol. The third kappa shape index (κ3) is 2.85. The molecule has 0 bridgehead atoms. The van der Waals surface area contributed by atoms with Crippen molar-refractivity contribution in [2.75, 3.05) is 33.0 Å². The summed E-state index contributed by atoms with van der Waals surface area (Å²) in [6, 6.07) is 5.78. The summed E-state index contributed by atoms with van der Waals surface area (Å²) in [6.07, 6.45) is 2.17. The predicted octanol–water partition coefficient (Wildman–Crippen LogP) is 2.61. The maximum atomic E-state index is 12.9. The quantitative estimate of drug-likeness (QED) is 0.879. The summed E-state index contributed by atoms with van der Waals surface area (Å²) >= 11 is 1.50. The normalized spacial score (nSPS) is 24.4. The molecule has 2 saturated heterocycles. The van der Waals surface area contributed by atoms with E-state index in [0.717, 1.165) is 61.1 Å². The molecule has 3 aliphatic rings. The number of rotatable bonds is 2. The van der Waals surface area contributed by atoms with Crippen molar-refractivity contribution in [3.8, 4) is 22.1 Å². The molecule has 1 aromatic heterocycles. The van der Waals surface area contributed by atoms with E-state index in [1.165, 1.54) is 11.3 Å². The van der Waals surface area contributed by atoms with Gasteiger partial charge in [-0.25, -0.2) is 4.98 Å². The molecule has 1 amide bonds. The van der Waals surface area contributed by atoms with Crippen molar-refractivity contribution in [3.05, 3.63) is 29.3 Å². The first kappa shape index (κ1) is 16.1. The average Bonchev–Trinajstić information content (AvgIpc) is 3.39. The Hall–Kier alpha value is -2.12. The number of hydrogen-bond acceptors (Lipinski definition) is 6. The fraction of sp³-hybridized carbons (Fsp3) is 0.474. The second-order valence-corrected chi connectivity index (χ2v) is 8.01. The highest BCUT2D eigenvalue weighted by Crippen LogP contribution is 2.37. The minimum atomic E-state index is 0.0566. The van der Waals surface area contributed by atoms with Gasteiger partial charge in [-0.1, -0.05) is 0 Å². The van der Waals surface area contributed by atoms with Gasteiger partial charge < -0.3 is 19.7 Å². The number of ether oxygens (including phenoxy) is 2. The van der Waals surface area contributed by atoms with E-state index in [9.17, 15) is 4.79 Å². The molecule has 0 unspecified atom stereocenters. The molecule has 0 aliphatic carbocycles. The lowest BCUT2D eigenvalue weighted by atomic mass is 9.92. The van der Waals surface area contributed by atoms with E-state index in [-0.39, 0.29) is 12.7 Å². The van der Waals surface area contributed by atoms with Gasteiger partial charge in [-0.05, 0) is 56.0 Å². The lowest BCUT2D eigenvalue weighted by Crippen LogP contribution is -2.33. The average molecular weight is 371 g/mol. The molecule has 136 valence electrons. The zero-order valence-electron chi connectivity index (χ0n) is 14.4. The molecule has 2 aromatic rings. The smallest absolute Gasteiger partial charge is 0.273 e. The Bertz CT molecular complexity index is 823. The molecular weight excluding hydrogens is 350 g/mol. The van der Waals surface area contributed by atoms with E-state index in [0.29, 0.717) is 17.5 Å². The Labute approximate surface area is 156 Å². The minimum absolute atomic E-state index is 0.0566. The molecule has 26 heavy (non-hydrogen) atoms. The highest BCUT2D eigenvalue weighted by Gasteiger charge is 2.32. The Morgan fingerprint density at radius 1 is 1.15 bits per heavy atom. The fourth-order valence-electron chi connectivity index (χ4n) is 4.12. The largest absolute Gasteiger partial charge is 0.454 e. The molecule has 0 spiro atoms. The van der Waals surface area contributed by atoms with Crippen LogP contribution in [0.1, 0.15) is 23.3 Å². The van der Waals surface area contributed by atoms with Gasteiger partial charge in [0.2, 0.25) is 6.79 Å². The number of nitrogens with one attached hydrogen (secondary N) is 1. The Morgan fingerprint density at radius 3 is 2.73 bits per heavy atom. The summed E-state index contributed by atoms with van der Waals surface area (Å²) in [7, 11) is 0. The standard InChI is InChI=1S/C19H21N3O3S/c23-19(22-5-3-13-8-20-9-14(13)4-6-22)15-10-26-18(21-15)12-1-2-16-17(7-12)25-11-24-16/h1-2,7,10,13-14,20H,3-6,8-9,11H2/t13-,14+. The molecule has 1 N–H and O–H groups in total. The van der Waals surface area contributed by atoms with Crippen molar-refractivity contribution < 1.29 is 14.3 Å². The topological polar surface area (TPSA) is 63.7 Å². The maximum absolute atomic E-state index is 12.9. The first-order valence-corrected chi connectivity index (χ1v) is 10.0. The third-order valence-corrected chi connectivity index (χ3v) is 6.54. The number of thiazole rings is 1. The second kappa shape index (κ2) is 6.55. The molecular formula is C19H21N3O3S. The van der Waals surface area contributed by atoms with Gasteiger partial charge in [0.05, 0.1) is 0 Å². The van der Waals surface area contributed by atoms with E-state index in [2.05, 4.69) is 10.3 Å². The molecule has 2 fully saturated rings. The first-order chi connectivity index (χ1) is 12.8. The van der Waals surface area contributed by atoms with Crippen LogP contribution in [-0.2, 0) is 0 Å². The fourth-order valence-corrected chi connectivity index (χ4v) is 4.91. The van der Waals surface area contributed by atoms with Gasteiger partial charge in [0.25, 0.3) is 5.91 Å². The van der Waals surface area contributed by atoms with E-state index in [1.54, 1.807) is 0 Å². The van der Waals surface area contributed by atoms with Crippen LogP contribution in [0.5, 0.6) is 11.5 Å². The van der Waals surface area contributed by atoms with E-state index in [1.807, 2.05) is 28.5 Å². The predicted molar refractivity (Wildman–Crippen MR) is 98.7 cm³/mol. The van der Waals surface area contributed by atoms with Crippen molar-refractivity contribution in [3.63, 3.8) is 0 Å². The summed E-state index contributed by atoms with van der Waals surface area (Å²) in [5.41, 5.74) is 1.50. The van der Waals surface area contributed by atoms with Gasteiger partial charge in [-0.15, -0.1) is 11.3 Å². The summed E-state index contributed by atoms with van der Waals surface area (Å²) in [5.74, 6) is 2.98. The van der Waals surface area contributed by atoms with Crippen LogP contribution in [0.15, 0.2) is 23.6 Å². The van der Waals surface area contributed by atoms with Crippen LogP contribution >= 0.6 is 11.3 Å². The van der Waals surface area contributed by atoms with Crippen LogP contribution < -0.4 is 14.8 Å². The lowest BCUT2D eigenvalue weighted by Gasteiger charge is -2.19. The van der Waals surface area contributed by atoms with Gasteiger partial charge in [-0.2, -0.15) is 0 Å². The van der Waals surface area contributed by atoms with Gasteiger partial charge in [0.1, 0.15) is 10.7 Å². The number of carbonyl (C=O) groups is 1. The SMILES string of the molecule is O=C(c1csc(-c2ccc3c(c2)OCO3)n1)N1CC[C@@H]2CNC[C@@H]2CC1. The number of fused-ring (bicyclic) bond motifs is 2. The van der Waals surface area contributed by atoms with Crippen molar-refractivity contribution >= 4 is 17.2 Å². The number of likely N-dealkylation sites (tertiary alicyclic amines) is 1. The van der Waals surface area contributed by atoms with E-state index in [4.69, 9.17) is 9.47 Å². The third-order valence-electron chi connectivity index (χ3n) is 5.65. The van der Waals surface area contributed by atoms with Crippen LogP contribution in [0.25, 0.3) is 10.6 Å². The number of amides is 1. The molecule has 6 nitrogen and oxygen atoms in total. The molecule has 5 rings (SSSR count). The molecule has 1 aromatic carbocycles. The van der Waals surface area contributed by atoms with Gasteiger partial charge in [-0.3, -0.25) is 4.79 Å². The highest BCUT2D eigenvalue weighted by molar-refractivity contribution is 7.13. The van der Waals surface area contributed by atoms with Crippen LogP contribution in [0, 0.1) is 11.8 Å². The van der Waals surface area contributed by atoms with Crippen molar-refractivity contribution in [1.82, 2.24) is 15.2 Å². The maximum Gasteiger partial charge on any atom is 0.273 e. The van der Waals surface area contributed by atoms with E-state index >= 15 is 0 Å². The molecule has 0 saturated carbocycles. The second-order valence-electron chi connectivity index (χ2n) is 7.15. The molecule has 2 atom stereocenters. The van der Waals surface area contributed by atoms with Crippen molar-refractivity contribution in [2.45, 2.75) is 12.8 Å². The number of nitrogens with zero attached hydrogens (tertiary/aromatic N) is 2. The first-order valence-electron chi connectivity index (χ1n) is 9.13. The van der Waals surface area contributed by atoms with Gasteiger partial charge >= 0.3 is 0 Å². The Kier molecular flexibility index (Phi) is 4.05. The zero-order valence-corrected chi connectivity index (χ0v) is 15.3. The van der Waals surface area contributed by atoms with E-state index < -0.39 is 0 Å². The molecule has 4 heterocycles. The van der Waals surface area contributed by atoms with Crippen LogP contribution in [0.2, 0.25) is 0 Å². The molecule has 3 aliphatic heterocycles. The summed E-state index contributed by atoms with van der Waals surface area (Å²) in [6.45, 7) is 4.11. The molecule has 7 heteroatoms.